The number of rotatable bonds is 7. The highest BCUT2D eigenvalue weighted by atomic mass is 16.5. The molecule has 1 atom stereocenters. The Bertz CT molecular complexity index is 137. The second-order valence-corrected chi connectivity index (χ2v) is 3.89. The molecule has 1 saturated carbocycles. The van der Waals surface area contributed by atoms with Gasteiger partial charge in [0, 0.05) is 26.2 Å². The van der Waals surface area contributed by atoms with E-state index >= 15 is 0 Å². The van der Waals surface area contributed by atoms with Gasteiger partial charge in [-0.1, -0.05) is 6.92 Å². The maximum atomic E-state index is 6.04. The highest BCUT2D eigenvalue weighted by molar-refractivity contribution is 4.85. The molecule has 0 bridgehead atoms. The van der Waals surface area contributed by atoms with Gasteiger partial charge in [0.25, 0.3) is 0 Å². The zero-order chi connectivity index (χ0) is 9.68. The normalized spacial score (nSPS) is 19.4. The maximum absolute atomic E-state index is 6.04. The first kappa shape index (κ1) is 11.0. The van der Waals surface area contributed by atoms with Crippen molar-refractivity contribution in [3.05, 3.63) is 0 Å². The number of hydrogen-bond acceptors (Lipinski definition) is 3. The van der Waals surface area contributed by atoms with Crippen molar-refractivity contribution in [3.63, 3.8) is 0 Å². The Balaban J connectivity index is 2.13. The van der Waals surface area contributed by atoms with Gasteiger partial charge in [0.15, 0.2) is 0 Å². The van der Waals surface area contributed by atoms with E-state index in [4.69, 9.17) is 10.5 Å². The fourth-order valence-electron chi connectivity index (χ4n) is 1.57. The van der Waals surface area contributed by atoms with Crippen LogP contribution in [-0.2, 0) is 4.74 Å². The summed E-state index contributed by atoms with van der Waals surface area (Å²) < 4.78 is 5.05. The summed E-state index contributed by atoms with van der Waals surface area (Å²) in [6.07, 6.45) is 2.67. The van der Waals surface area contributed by atoms with Gasteiger partial charge in [0.2, 0.25) is 0 Å². The first-order valence-corrected chi connectivity index (χ1v) is 5.24. The van der Waals surface area contributed by atoms with Crippen molar-refractivity contribution in [2.45, 2.75) is 25.8 Å². The van der Waals surface area contributed by atoms with Gasteiger partial charge in [0.05, 0.1) is 6.61 Å². The summed E-state index contributed by atoms with van der Waals surface area (Å²) >= 11 is 0. The molecule has 78 valence electrons. The van der Waals surface area contributed by atoms with Crippen LogP contribution in [0.2, 0.25) is 0 Å². The Morgan fingerprint density at radius 1 is 1.54 bits per heavy atom. The Labute approximate surface area is 81.2 Å². The number of ether oxygens (including phenoxy) is 1. The highest BCUT2D eigenvalue weighted by Gasteiger charge is 2.29. The molecule has 3 heteroatoms. The molecule has 0 heterocycles. The van der Waals surface area contributed by atoms with E-state index in [2.05, 4.69) is 11.8 Å². The lowest BCUT2D eigenvalue weighted by Crippen LogP contribution is -2.40. The Morgan fingerprint density at radius 3 is 2.69 bits per heavy atom. The molecule has 1 aliphatic rings. The average Bonchev–Trinajstić information content (AvgIpc) is 2.94. The van der Waals surface area contributed by atoms with Gasteiger partial charge in [-0.15, -0.1) is 0 Å². The van der Waals surface area contributed by atoms with Crippen molar-refractivity contribution >= 4 is 0 Å². The zero-order valence-corrected chi connectivity index (χ0v) is 8.83. The molecule has 13 heavy (non-hydrogen) atoms. The second kappa shape index (κ2) is 5.58. The van der Waals surface area contributed by atoms with Gasteiger partial charge < -0.3 is 10.5 Å². The summed E-state index contributed by atoms with van der Waals surface area (Å²) in [6.45, 7) is 6.10. The molecule has 0 radical (unpaired) electrons. The van der Waals surface area contributed by atoms with Crippen LogP contribution in [0.25, 0.3) is 0 Å². The van der Waals surface area contributed by atoms with Gasteiger partial charge in [-0.05, 0) is 25.3 Å². The monoisotopic (exact) mass is 186 g/mol. The fourth-order valence-corrected chi connectivity index (χ4v) is 1.57. The van der Waals surface area contributed by atoms with Crippen LogP contribution in [0.3, 0.4) is 0 Å². The largest absolute Gasteiger partial charge is 0.383 e. The molecule has 3 nitrogen and oxygen atoms in total. The van der Waals surface area contributed by atoms with Gasteiger partial charge in [-0.25, -0.2) is 0 Å². The van der Waals surface area contributed by atoms with Gasteiger partial charge in [-0.2, -0.15) is 0 Å². The maximum Gasteiger partial charge on any atom is 0.0589 e. The molecule has 0 aromatic heterocycles. The summed E-state index contributed by atoms with van der Waals surface area (Å²) in [4.78, 5) is 2.37. The lowest BCUT2D eigenvalue weighted by atomic mass is 10.2. The summed E-state index contributed by atoms with van der Waals surface area (Å²) in [5.41, 5.74) is 6.04. The van der Waals surface area contributed by atoms with E-state index < -0.39 is 0 Å². The lowest BCUT2D eigenvalue weighted by molar-refractivity contribution is 0.145. The van der Waals surface area contributed by atoms with Crippen LogP contribution < -0.4 is 5.73 Å². The van der Waals surface area contributed by atoms with Crippen LogP contribution in [0, 0.1) is 5.92 Å². The van der Waals surface area contributed by atoms with Crippen LogP contribution in [0.5, 0.6) is 0 Å². The van der Waals surface area contributed by atoms with Crippen molar-refractivity contribution in [1.29, 1.82) is 0 Å². The SMILES string of the molecule is CCN(CCOC)CC(N)C1CC1. The number of methoxy groups -OCH3 is 1. The summed E-state index contributed by atoms with van der Waals surface area (Å²) in [5.74, 6) is 0.802. The topological polar surface area (TPSA) is 38.5 Å². The molecular formula is C10H22N2O. The smallest absolute Gasteiger partial charge is 0.0589 e. The predicted molar refractivity (Wildman–Crippen MR) is 54.7 cm³/mol. The van der Waals surface area contributed by atoms with Gasteiger partial charge in [0.1, 0.15) is 0 Å². The molecule has 0 aromatic rings. The average molecular weight is 186 g/mol. The van der Waals surface area contributed by atoms with Crippen LogP contribution in [0.15, 0.2) is 0 Å². The van der Waals surface area contributed by atoms with E-state index in [0.29, 0.717) is 6.04 Å². The molecule has 1 fully saturated rings. The van der Waals surface area contributed by atoms with Crippen LogP contribution >= 0.6 is 0 Å². The minimum atomic E-state index is 0.386. The quantitative estimate of drug-likeness (QED) is 0.636. The molecule has 0 aromatic carbocycles. The fraction of sp³-hybridized carbons (Fsp3) is 1.00. The van der Waals surface area contributed by atoms with E-state index in [-0.39, 0.29) is 0 Å². The number of nitrogens with zero attached hydrogens (tertiary/aromatic N) is 1. The van der Waals surface area contributed by atoms with E-state index in [9.17, 15) is 0 Å². The summed E-state index contributed by atoms with van der Waals surface area (Å²) in [5, 5.41) is 0. The first-order chi connectivity index (χ1) is 6.27. The minimum absolute atomic E-state index is 0.386. The van der Waals surface area contributed by atoms with Crippen LogP contribution in [-0.4, -0.2) is 44.3 Å². The Kier molecular flexibility index (Phi) is 4.70. The van der Waals surface area contributed by atoms with Crippen molar-refractivity contribution in [3.8, 4) is 0 Å². The first-order valence-electron chi connectivity index (χ1n) is 5.24. The minimum Gasteiger partial charge on any atom is -0.383 e. The third-order valence-electron chi connectivity index (χ3n) is 2.76. The van der Waals surface area contributed by atoms with E-state index in [1.807, 2.05) is 0 Å². The van der Waals surface area contributed by atoms with Gasteiger partial charge in [-0.3, -0.25) is 4.90 Å². The standard InChI is InChI=1S/C10H22N2O/c1-3-12(6-7-13-2)8-10(11)9-4-5-9/h9-10H,3-8,11H2,1-2H3. The molecule has 2 N–H and O–H groups in total. The zero-order valence-electron chi connectivity index (χ0n) is 8.83. The molecule has 0 spiro atoms. The van der Waals surface area contributed by atoms with E-state index in [1.165, 1.54) is 12.8 Å². The molecule has 0 amide bonds. The second-order valence-electron chi connectivity index (χ2n) is 3.89. The summed E-state index contributed by atoms with van der Waals surface area (Å²) in [6, 6.07) is 0.386. The van der Waals surface area contributed by atoms with Gasteiger partial charge >= 0.3 is 0 Å². The molecule has 0 aliphatic heterocycles. The van der Waals surface area contributed by atoms with Crippen molar-refractivity contribution in [2.24, 2.45) is 11.7 Å². The third-order valence-corrected chi connectivity index (χ3v) is 2.76. The Hall–Kier alpha value is -0.120. The van der Waals surface area contributed by atoms with Crippen molar-refractivity contribution in [2.75, 3.05) is 33.4 Å². The molecular weight excluding hydrogens is 164 g/mol. The van der Waals surface area contributed by atoms with Crippen molar-refractivity contribution in [1.82, 2.24) is 4.90 Å². The summed E-state index contributed by atoms with van der Waals surface area (Å²) in [7, 11) is 1.74. The number of nitrogens with two attached hydrogens (primary N) is 1. The molecule has 1 aliphatic carbocycles. The Morgan fingerprint density at radius 2 is 2.23 bits per heavy atom. The molecule has 1 unspecified atom stereocenters. The predicted octanol–water partition coefficient (Wildman–Crippen LogP) is 0.692. The van der Waals surface area contributed by atoms with Crippen molar-refractivity contribution < 1.29 is 4.74 Å². The van der Waals surface area contributed by atoms with E-state index in [1.54, 1.807) is 7.11 Å². The lowest BCUT2D eigenvalue weighted by Gasteiger charge is -2.23. The van der Waals surface area contributed by atoms with Crippen LogP contribution in [0.1, 0.15) is 19.8 Å². The molecule has 1 rings (SSSR count). The number of likely N-dealkylation sites (N-methyl/N-ethyl adjacent to an activating group) is 1. The van der Waals surface area contributed by atoms with E-state index in [0.717, 1.165) is 32.2 Å². The molecule has 0 saturated heterocycles. The number of hydrogen-bond donors (Lipinski definition) is 1. The third kappa shape index (κ3) is 4.07. The highest BCUT2D eigenvalue weighted by Crippen LogP contribution is 2.31. The van der Waals surface area contributed by atoms with Crippen LogP contribution in [0.4, 0.5) is 0 Å².